The third-order valence-corrected chi connectivity index (χ3v) is 3.64. The Bertz CT molecular complexity index is 418. The van der Waals surface area contributed by atoms with Crippen molar-refractivity contribution in [3.05, 3.63) is 29.8 Å². The number of aryl methyl sites for hydroxylation is 1. The second kappa shape index (κ2) is 7.68. The van der Waals surface area contributed by atoms with E-state index in [4.69, 9.17) is 16.3 Å². The van der Waals surface area contributed by atoms with E-state index in [9.17, 15) is 4.79 Å². The molecule has 0 spiro atoms. The largest absolute Gasteiger partial charge is 0.494 e. The molecule has 3 heteroatoms. The molecule has 0 amide bonds. The van der Waals surface area contributed by atoms with Gasteiger partial charge in [0.2, 0.25) is 0 Å². The van der Waals surface area contributed by atoms with Crippen LogP contribution in [0.5, 0.6) is 5.75 Å². The predicted octanol–water partition coefficient (Wildman–Crippen LogP) is 4.77. The summed E-state index contributed by atoms with van der Waals surface area (Å²) in [5.74, 6) is 1.48. The lowest BCUT2D eigenvalue weighted by atomic mass is 9.96. The average molecular weight is 297 g/mol. The van der Waals surface area contributed by atoms with E-state index in [1.165, 1.54) is 5.56 Å². The lowest BCUT2D eigenvalue weighted by molar-refractivity contribution is -0.121. The molecule has 1 rings (SSSR count). The first-order valence-corrected chi connectivity index (χ1v) is 7.58. The molecule has 0 N–H and O–H groups in total. The van der Waals surface area contributed by atoms with Crippen molar-refractivity contribution in [2.75, 3.05) is 6.61 Å². The minimum Gasteiger partial charge on any atom is -0.494 e. The Morgan fingerprint density at radius 1 is 1.25 bits per heavy atom. The van der Waals surface area contributed by atoms with Crippen molar-refractivity contribution < 1.29 is 9.53 Å². The summed E-state index contributed by atoms with van der Waals surface area (Å²) in [4.78, 5) is 11.0. The van der Waals surface area contributed by atoms with Gasteiger partial charge in [-0.1, -0.05) is 24.6 Å². The minimum atomic E-state index is -0.738. The molecule has 1 unspecified atom stereocenters. The van der Waals surface area contributed by atoms with Crippen LogP contribution >= 0.6 is 11.6 Å². The first-order valence-electron chi connectivity index (χ1n) is 7.20. The fourth-order valence-electron chi connectivity index (χ4n) is 1.83. The van der Waals surface area contributed by atoms with E-state index < -0.39 is 4.87 Å². The maximum Gasteiger partial charge on any atom is 0.153 e. The number of benzene rings is 1. The van der Waals surface area contributed by atoms with Gasteiger partial charge < -0.3 is 4.74 Å². The Labute approximate surface area is 127 Å². The van der Waals surface area contributed by atoms with Crippen LogP contribution in [0.2, 0.25) is 0 Å². The monoisotopic (exact) mass is 296 g/mol. The number of hydrogen-bond donors (Lipinski definition) is 0. The fourth-order valence-corrected chi connectivity index (χ4v) is 1.93. The quantitative estimate of drug-likeness (QED) is 0.646. The zero-order valence-corrected chi connectivity index (χ0v) is 13.7. The van der Waals surface area contributed by atoms with Gasteiger partial charge in [-0.3, -0.25) is 4.79 Å². The molecule has 0 radical (unpaired) electrons. The van der Waals surface area contributed by atoms with E-state index in [0.29, 0.717) is 18.9 Å². The highest BCUT2D eigenvalue weighted by molar-refractivity contribution is 6.34. The van der Waals surface area contributed by atoms with Crippen LogP contribution < -0.4 is 4.74 Å². The third-order valence-electron chi connectivity index (χ3n) is 3.43. The second-order valence-electron chi connectivity index (χ2n) is 5.99. The first kappa shape index (κ1) is 17.0. The van der Waals surface area contributed by atoms with Gasteiger partial charge in [0, 0.05) is 6.42 Å². The van der Waals surface area contributed by atoms with E-state index in [-0.39, 0.29) is 5.78 Å². The van der Waals surface area contributed by atoms with Crippen LogP contribution in [0.25, 0.3) is 0 Å². The lowest BCUT2D eigenvalue weighted by Gasteiger charge is -2.16. The Morgan fingerprint density at radius 2 is 1.85 bits per heavy atom. The summed E-state index contributed by atoms with van der Waals surface area (Å²) in [5.41, 5.74) is 1.23. The van der Waals surface area contributed by atoms with Crippen molar-refractivity contribution >= 4 is 17.4 Å². The van der Waals surface area contributed by atoms with E-state index in [1.807, 2.05) is 24.3 Å². The maximum atomic E-state index is 11.7. The van der Waals surface area contributed by atoms with E-state index >= 15 is 0 Å². The fraction of sp³-hybridized carbons (Fsp3) is 0.588. The van der Waals surface area contributed by atoms with Crippen LogP contribution in [-0.4, -0.2) is 17.3 Å². The number of rotatable bonds is 8. The van der Waals surface area contributed by atoms with Crippen molar-refractivity contribution in [1.29, 1.82) is 0 Å². The predicted molar refractivity (Wildman–Crippen MR) is 84.6 cm³/mol. The van der Waals surface area contributed by atoms with Crippen molar-refractivity contribution in [1.82, 2.24) is 0 Å². The van der Waals surface area contributed by atoms with Crippen LogP contribution in [0.1, 0.15) is 45.6 Å². The first-order chi connectivity index (χ1) is 9.29. The highest BCUT2D eigenvalue weighted by atomic mass is 35.5. The van der Waals surface area contributed by atoms with Crippen molar-refractivity contribution in [2.45, 2.75) is 51.8 Å². The van der Waals surface area contributed by atoms with Crippen molar-refractivity contribution in [3.8, 4) is 5.75 Å². The molecule has 1 aromatic carbocycles. The third kappa shape index (κ3) is 6.42. The number of ether oxygens (including phenoxy) is 1. The van der Waals surface area contributed by atoms with Crippen LogP contribution in [-0.2, 0) is 4.79 Å². The van der Waals surface area contributed by atoms with Gasteiger partial charge in [0.05, 0.1) is 11.5 Å². The van der Waals surface area contributed by atoms with E-state index in [0.717, 1.165) is 18.6 Å². The van der Waals surface area contributed by atoms with Gasteiger partial charge in [-0.2, -0.15) is 0 Å². The van der Waals surface area contributed by atoms with Gasteiger partial charge in [-0.15, -0.1) is 11.6 Å². The van der Waals surface area contributed by atoms with Gasteiger partial charge in [0.25, 0.3) is 0 Å². The number of Topliss-reactive ketones (excluding diaryl/α,β-unsaturated/α-hetero) is 1. The Balaban J connectivity index is 2.22. The minimum absolute atomic E-state index is 0.116. The second-order valence-corrected chi connectivity index (χ2v) is 6.93. The SMILES string of the molecule is Cc1ccc(OCCC(C)CCC(=O)C(C)(C)Cl)cc1. The molecule has 0 aromatic heterocycles. The maximum absolute atomic E-state index is 11.7. The van der Waals surface area contributed by atoms with Crippen LogP contribution in [0, 0.1) is 12.8 Å². The molecular weight excluding hydrogens is 272 g/mol. The number of halogens is 1. The van der Waals surface area contributed by atoms with Crippen molar-refractivity contribution in [2.24, 2.45) is 5.92 Å². The Kier molecular flexibility index (Phi) is 6.54. The molecule has 112 valence electrons. The molecule has 0 aliphatic heterocycles. The van der Waals surface area contributed by atoms with E-state index in [1.54, 1.807) is 13.8 Å². The van der Waals surface area contributed by atoms with Crippen LogP contribution in [0.3, 0.4) is 0 Å². The summed E-state index contributed by atoms with van der Waals surface area (Å²) >= 11 is 5.99. The molecule has 2 nitrogen and oxygen atoms in total. The van der Waals surface area contributed by atoms with Gasteiger partial charge >= 0.3 is 0 Å². The molecule has 1 atom stereocenters. The number of alkyl halides is 1. The zero-order valence-electron chi connectivity index (χ0n) is 12.9. The number of hydrogen-bond acceptors (Lipinski definition) is 2. The highest BCUT2D eigenvalue weighted by Crippen LogP contribution is 2.20. The molecule has 0 saturated heterocycles. The molecule has 0 aliphatic carbocycles. The van der Waals surface area contributed by atoms with Gasteiger partial charge in [-0.05, 0) is 51.7 Å². The molecule has 0 aliphatic rings. The summed E-state index contributed by atoms with van der Waals surface area (Å²) in [6.07, 6.45) is 2.36. The molecule has 1 aromatic rings. The summed E-state index contributed by atoms with van der Waals surface area (Å²) in [5, 5.41) is 0. The molecular formula is C17H25ClO2. The summed E-state index contributed by atoms with van der Waals surface area (Å²) in [6.45, 7) is 8.39. The van der Waals surface area contributed by atoms with Crippen molar-refractivity contribution in [3.63, 3.8) is 0 Å². The Hall–Kier alpha value is -1.02. The van der Waals surface area contributed by atoms with E-state index in [2.05, 4.69) is 13.8 Å². The van der Waals surface area contributed by atoms with Gasteiger partial charge in [-0.25, -0.2) is 0 Å². The Morgan fingerprint density at radius 3 is 2.40 bits per heavy atom. The molecule has 0 bridgehead atoms. The summed E-state index contributed by atoms with van der Waals surface area (Å²) in [7, 11) is 0. The van der Waals surface area contributed by atoms with Gasteiger partial charge in [0.15, 0.2) is 5.78 Å². The average Bonchev–Trinajstić information content (AvgIpc) is 2.37. The standard InChI is InChI=1S/C17H25ClO2/c1-13-5-8-15(9-6-13)20-12-11-14(2)7-10-16(19)17(3,4)18/h5-6,8-9,14H,7,10-12H2,1-4H3. The number of carbonyl (C=O) groups excluding carboxylic acids is 1. The highest BCUT2D eigenvalue weighted by Gasteiger charge is 2.23. The summed E-state index contributed by atoms with van der Waals surface area (Å²) < 4.78 is 5.69. The van der Waals surface area contributed by atoms with Crippen LogP contribution in [0.15, 0.2) is 24.3 Å². The number of carbonyl (C=O) groups is 1. The van der Waals surface area contributed by atoms with Gasteiger partial charge in [0.1, 0.15) is 5.75 Å². The molecule has 0 fully saturated rings. The summed E-state index contributed by atoms with van der Waals surface area (Å²) in [6, 6.07) is 8.05. The zero-order chi connectivity index (χ0) is 15.2. The topological polar surface area (TPSA) is 26.3 Å². The normalized spacial score (nSPS) is 13.1. The number of ketones is 1. The van der Waals surface area contributed by atoms with Crippen LogP contribution in [0.4, 0.5) is 0 Å². The smallest absolute Gasteiger partial charge is 0.153 e. The molecule has 20 heavy (non-hydrogen) atoms. The molecule has 0 saturated carbocycles. The molecule has 0 heterocycles. The lowest BCUT2D eigenvalue weighted by Crippen LogP contribution is -2.24.